The summed E-state index contributed by atoms with van der Waals surface area (Å²) in [7, 11) is 3.15. The third-order valence-corrected chi connectivity index (χ3v) is 2.69. The molecule has 0 aromatic heterocycles. The molecule has 0 saturated carbocycles. The summed E-state index contributed by atoms with van der Waals surface area (Å²) in [5.74, 6) is 0.933. The van der Waals surface area contributed by atoms with Crippen molar-refractivity contribution >= 4 is 17.1 Å². The van der Waals surface area contributed by atoms with E-state index in [0.717, 1.165) is 5.69 Å². The number of nitrogen functional groups attached to an aromatic ring is 1. The molecule has 0 saturated heterocycles. The van der Waals surface area contributed by atoms with Crippen LogP contribution in [0.1, 0.15) is 0 Å². The van der Waals surface area contributed by atoms with Crippen molar-refractivity contribution in [3.63, 3.8) is 0 Å². The first-order valence-electron chi connectivity index (χ1n) is 5.68. The zero-order valence-electron chi connectivity index (χ0n) is 10.7. The maximum atomic E-state index is 13.0. The average molecular weight is 262 g/mol. The SMILES string of the molecule is COc1ccc(Nc2ccc(F)cc2N)c(OC)c1. The summed E-state index contributed by atoms with van der Waals surface area (Å²) in [5, 5.41) is 3.10. The Hall–Kier alpha value is -2.43. The van der Waals surface area contributed by atoms with Gasteiger partial charge in [-0.2, -0.15) is 0 Å². The molecule has 2 aromatic carbocycles. The van der Waals surface area contributed by atoms with Crippen molar-refractivity contribution in [2.24, 2.45) is 0 Å². The van der Waals surface area contributed by atoms with Gasteiger partial charge in [0.25, 0.3) is 0 Å². The maximum Gasteiger partial charge on any atom is 0.145 e. The first-order chi connectivity index (χ1) is 9.13. The van der Waals surface area contributed by atoms with E-state index in [1.54, 1.807) is 38.5 Å². The fourth-order valence-corrected chi connectivity index (χ4v) is 1.69. The number of halogens is 1. The van der Waals surface area contributed by atoms with Gasteiger partial charge >= 0.3 is 0 Å². The number of ether oxygens (including phenoxy) is 2. The summed E-state index contributed by atoms with van der Waals surface area (Å²) < 4.78 is 23.4. The summed E-state index contributed by atoms with van der Waals surface area (Å²) in [6, 6.07) is 9.54. The molecule has 100 valence electrons. The highest BCUT2D eigenvalue weighted by atomic mass is 19.1. The minimum absolute atomic E-state index is 0.331. The van der Waals surface area contributed by atoms with Crippen molar-refractivity contribution in [3.8, 4) is 11.5 Å². The zero-order valence-corrected chi connectivity index (χ0v) is 10.7. The molecule has 0 radical (unpaired) electrons. The summed E-state index contributed by atoms with van der Waals surface area (Å²) in [4.78, 5) is 0. The highest BCUT2D eigenvalue weighted by Gasteiger charge is 2.07. The van der Waals surface area contributed by atoms with E-state index >= 15 is 0 Å². The topological polar surface area (TPSA) is 56.5 Å². The van der Waals surface area contributed by atoms with Crippen molar-refractivity contribution in [3.05, 3.63) is 42.2 Å². The molecule has 0 aliphatic heterocycles. The third kappa shape index (κ3) is 2.88. The number of benzene rings is 2. The first-order valence-corrected chi connectivity index (χ1v) is 5.68. The Bertz CT molecular complexity index is 588. The van der Waals surface area contributed by atoms with Crippen LogP contribution in [0, 0.1) is 5.82 Å². The standard InChI is InChI=1S/C14H15FN2O2/c1-18-10-4-6-13(14(8-10)19-2)17-12-5-3-9(15)7-11(12)16/h3-8,17H,16H2,1-2H3. The van der Waals surface area contributed by atoms with Gasteiger partial charge in [-0.05, 0) is 30.3 Å². The molecule has 0 unspecified atom stereocenters. The Labute approximate surface area is 111 Å². The van der Waals surface area contributed by atoms with Crippen LogP contribution >= 0.6 is 0 Å². The monoisotopic (exact) mass is 262 g/mol. The van der Waals surface area contributed by atoms with E-state index in [-0.39, 0.29) is 5.82 Å². The number of rotatable bonds is 4. The molecule has 19 heavy (non-hydrogen) atoms. The molecule has 5 heteroatoms. The zero-order chi connectivity index (χ0) is 13.8. The summed E-state index contributed by atoms with van der Waals surface area (Å²) >= 11 is 0. The van der Waals surface area contributed by atoms with Crippen LogP contribution in [0.2, 0.25) is 0 Å². The van der Waals surface area contributed by atoms with Crippen LogP contribution in [-0.2, 0) is 0 Å². The van der Waals surface area contributed by atoms with E-state index in [1.165, 1.54) is 12.1 Å². The summed E-state index contributed by atoms with van der Waals surface area (Å²) in [6.07, 6.45) is 0. The van der Waals surface area contributed by atoms with Crippen molar-refractivity contribution in [2.45, 2.75) is 0 Å². The molecule has 2 aromatic rings. The molecule has 0 bridgehead atoms. The van der Waals surface area contributed by atoms with Crippen LogP contribution in [0.25, 0.3) is 0 Å². The second-order valence-electron chi connectivity index (χ2n) is 3.92. The Kier molecular flexibility index (Phi) is 3.75. The van der Waals surface area contributed by atoms with Gasteiger partial charge in [0.05, 0.1) is 31.3 Å². The number of nitrogens with two attached hydrogens (primary N) is 1. The number of methoxy groups -OCH3 is 2. The molecule has 4 nitrogen and oxygen atoms in total. The van der Waals surface area contributed by atoms with Crippen LogP contribution in [0.15, 0.2) is 36.4 Å². The number of nitrogens with one attached hydrogen (secondary N) is 1. The van der Waals surface area contributed by atoms with Crippen LogP contribution in [0.4, 0.5) is 21.5 Å². The van der Waals surface area contributed by atoms with Gasteiger partial charge in [-0.15, -0.1) is 0 Å². The highest BCUT2D eigenvalue weighted by molar-refractivity contribution is 5.75. The fourth-order valence-electron chi connectivity index (χ4n) is 1.69. The average Bonchev–Trinajstić information content (AvgIpc) is 2.42. The number of hydrogen-bond acceptors (Lipinski definition) is 4. The molecular weight excluding hydrogens is 247 g/mol. The number of anilines is 3. The molecule has 0 atom stereocenters. The molecule has 0 spiro atoms. The van der Waals surface area contributed by atoms with Gasteiger partial charge in [0, 0.05) is 6.07 Å². The fraction of sp³-hybridized carbons (Fsp3) is 0.143. The Balaban J connectivity index is 2.32. The molecule has 0 heterocycles. The predicted octanol–water partition coefficient (Wildman–Crippen LogP) is 3.17. The normalized spacial score (nSPS) is 10.1. The van der Waals surface area contributed by atoms with Gasteiger partial charge in [0.2, 0.25) is 0 Å². The molecule has 0 aliphatic rings. The quantitative estimate of drug-likeness (QED) is 0.831. The van der Waals surface area contributed by atoms with Gasteiger partial charge in [0.15, 0.2) is 0 Å². The largest absolute Gasteiger partial charge is 0.497 e. The van der Waals surface area contributed by atoms with E-state index < -0.39 is 0 Å². The Morgan fingerprint density at radius 3 is 2.37 bits per heavy atom. The van der Waals surface area contributed by atoms with E-state index in [1.807, 2.05) is 0 Å². The lowest BCUT2D eigenvalue weighted by Crippen LogP contribution is -1.99. The van der Waals surface area contributed by atoms with E-state index in [0.29, 0.717) is 22.9 Å². The lowest BCUT2D eigenvalue weighted by molar-refractivity contribution is 0.395. The van der Waals surface area contributed by atoms with E-state index in [2.05, 4.69) is 5.32 Å². The molecule has 0 amide bonds. The van der Waals surface area contributed by atoms with E-state index in [4.69, 9.17) is 15.2 Å². The molecule has 3 N–H and O–H groups in total. The minimum Gasteiger partial charge on any atom is -0.497 e. The van der Waals surface area contributed by atoms with Crippen LogP contribution < -0.4 is 20.5 Å². The predicted molar refractivity (Wildman–Crippen MR) is 73.6 cm³/mol. The summed E-state index contributed by atoms with van der Waals surface area (Å²) in [6.45, 7) is 0. The van der Waals surface area contributed by atoms with Gasteiger partial charge in [0.1, 0.15) is 17.3 Å². The molecular formula is C14H15FN2O2. The van der Waals surface area contributed by atoms with Crippen molar-refractivity contribution < 1.29 is 13.9 Å². The molecule has 2 rings (SSSR count). The van der Waals surface area contributed by atoms with Crippen molar-refractivity contribution in [1.82, 2.24) is 0 Å². The lowest BCUT2D eigenvalue weighted by atomic mass is 10.2. The molecule has 0 aliphatic carbocycles. The van der Waals surface area contributed by atoms with Crippen molar-refractivity contribution in [2.75, 3.05) is 25.3 Å². The highest BCUT2D eigenvalue weighted by Crippen LogP contribution is 2.33. The summed E-state index contributed by atoms with van der Waals surface area (Å²) in [5.41, 5.74) is 7.42. The third-order valence-electron chi connectivity index (χ3n) is 2.69. The number of hydrogen-bond donors (Lipinski definition) is 2. The van der Waals surface area contributed by atoms with Gasteiger partial charge < -0.3 is 20.5 Å². The molecule has 0 fully saturated rings. The smallest absolute Gasteiger partial charge is 0.145 e. The van der Waals surface area contributed by atoms with Crippen LogP contribution in [0.5, 0.6) is 11.5 Å². The minimum atomic E-state index is -0.371. The Morgan fingerprint density at radius 2 is 1.74 bits per heavy atom. The Morgan fingerprint density at radius 1 is 1.00 bits per heavy atom. The second-order valence-corrected chi connectivity index (χ2v) is 3.92. The van der Waals surface area contributed by atoms with Crippen LogP contribution in [-0.4, -0.2) is 14.2 Å². The van der Waals surface area contributed by atoms with Crippen LogP contribution in [0.3, 0.4) is 0 Å². The van der Waals surface area contributed by atoms with Gasteiger partial charge in [-0.3, -0.25) is 0 Å². The lowest BCUT2D eigenvalue weighted by Gasteiger charge is -2.13. The van der Waals surface area contributed by atoms with Gasteiger partial charge in [-0.1, -0.05) is 0 Å². The second kappa shape index (κ2) is 5.48. The first kappa shape index (κ1) is 13.0. The maximum absolute atomic E-state index is 13.0. The van der Waals surface area contributed by atoms with Gasteiger partial charge in [-0.25, -0.2) is 4.39 Å². The van der Waals surface area contributed by atoms with Crippen molar-refractivity contribution in [1.29, 1.82) is 0 Å². The van der Waals surface area contributed by atoms with E-state index in [9.17, 15) is 4.39 Å².